The fourth-order valence-electron chi connectivity index (χ4n) is 2.03. The third-order valence-corrected chi connectivity index (χ3v) is 4.51. The first kappa shape index (κ1) is 21.8. The first-order valence-electron chi connectivity index (χ1n) is 7.28. The largest absolute Gasteiger partial charge is 0.480 e. The molecule has 0 aliphatic carbocycles. The van der Waals surface area contributed by atoms with Crippen LogP contribution in [-0.2, 0) is 34.2 Å². The molecular weight excluding hydrogens is 376 g/mol. The Bertz CT molecular complexity index is 709. The maximum atomic E-state index is 12.1. The van der Waals surface area contributed by atoms with Crippen LogP contribution >= 0.6 is 0 Å². The Labute approximate surface area is 148 Å². The molecule has 0 aromatic heterocycles. The van der Waals surface area contributed by atoms with Crippen molar-refractivity contribution in [2.24, 2.45) is 5.73 Å². The molecule has 1 rings (SSSR count). The summed E-state index contributed by atoms with van der Waals surface area (Å²) in [4.78, 5) is 46.2. The van der Waals surface area contributed by atoms with Crippen LogP contribution in [0.3, 0.4) is 0 Å². The van der Waals surface area contributed by atoms with E-state index in [4.69, 9.17) is 20.1 Å². The molecule has 148 valence electrons. The first-order valence-corrected chi connectivity index (χ1v) is 8.68. The molecule has 13 nitrogen and oxygen atoms in total. The zero-order valence-electron chi connectivity index (χ0n) is 14.0. The van der Waals surface area contributed by atoms with E-state index in [1.165, 1.54) is 6.92 Å². The molecule has 3 amide bonds. The van der Waals surface area contributed by atoms with Crippen molar-refractivity contribution < 1.29 is 42.0 Å². The van der Waals surface area contributed by atoms with Gasteiger partial charge in [-0.05, 0) is 13.3 Å². The van der Waals surface area contributed by atoms with Crippen LogP contribution in [0.5, 0.6) is 0 Å². The molecule has 0 aromatic rings. The molecule has 1 fully saturated rings. The summed E-state index contributed by atoms with van der Waals surface area (Å²) in [5.74, 6) is -3.96. The lowest BCUT2D eigenvalue weighted by atomic mass is 10.1. The van der Waals surface area contributed by atoms with Crippen LogP contribution in [0.1, 0.15) is 19.8 Å². The second-order valence-corrected chi connectivity index (χ2v) is 6.92. The van der Waals surface area contributed by atoms with Crippen molar-refractivity contribution in [2.75, 3.05) is 13.7 Å². The lowest BCUT2D eigenvalue weighted by Crippen LogP contribution is -2.76. The van der Waals surface area contributed by atoms with E-state index in [1.54, 1.807) is 0 Å². The Balaban J connectivity index is 2.60. The summed E-state index contributed by atoms with van der Waals surface area (Å²) in [5, 5.41) is 13.1. The highest BCUT2D eigenvalue weighted by Gasteiger charge is 2.58. The lowest BCUT2D eigenvalue weighted by molar-refractivity contribution is -0.180. The van der Waals surface area contributed by atoms with Gasteiger partial charge in [-0.15, -0.1) is 0 Å². The highest BCUT2D eigenvalue weighted by Crippen LogP contribution is 2.26. The van der Waals surface area contributed by atoms with Gasteiger partial charge in [-0.3, -0.25) is 23.7 Å². The Morgan fingerprint density at radius 2 is 2.00 bits per heavy atom. The number of nitrogens with one attached hydrogen (secondary N) is 2. The summed E-state index contributed by atoms with van der Waals surface area (Å²) < 4.78 is 35.7. The van der Waals surface area contributed by atoms with Gasteiger partial charge in [-0.2, -0.15) is 8.42 Å². The van der Waals surface area contributed by atoms with E-state index in [0.717, 1.165) is 7.11 Å². The van der Waals surface area contributed by atoms with Crippen LogP contribution in [0.15, 0.2) is 0 Å². The molecule has 0 saturated carbocycles. The molecule has 1 aliphatic rings. The summed E-state index contributed by atoms with van der Waals surface area (Å²) in [6.07, 6.45) is -0.380. The van der Waals surface area contributed by atoms with Crippen LogP contribution in [-0.4, -0.2) is 77.5 Å². The maximum Gasteiger partial charge on any atom is 0.362 e. The van der Waals surface area contributed by atoms with Gasteiger partial charge in [0.2, 0.25) is 17.5 Å². The number of carboxylic acids is 1. The highest BCUT2D eigenvalue weighted by atomic mass is 32.2. The molecule has 6 N–H and O–H groups in total. The molecule has 1 unspecified atom stereocenters. The molecular formula is C12H20N4O9S. The Hall–Kier alpha value is -2.29. The van der Waals surface area contributed by atoms with E-state index in [2.05, 4.69) is 10.6 Å². The summed E-state index contributed by atoms with van der Waals surface area (Å²) in [7, 11) is -3.72. The minimum absolute atomic E-state index is 0.104. The van der Waals surface area contributed by atoms with Gasteiger partial charge in [-0.1, -0.05) is 0 Å². The number of nitrogens with two attached hydrogens (primary N) is 1. The standard InChI is InChI=1S/C12H20N4O9S/c1-6(14-8(17)4-3-7(13)10(19)20)9(18)15-12(25-2)5-16(11(12)21)26(22,23)24/h6-7H,3-5,13H2,1-2H3,(H,14,17)(H,15,18)(H,19,20)(H,22,23,24)/t6-,7+,12?/m0/s1. The van der Waals surface area contributed by atoms with Gasteiger partial charge < -0.3 is 26.2 Å². The van der Waals surface area contributed by atoms with E-state index in [1.807, 2.05) is 0 Å². The lowest BCUT2D eigenvalue weighted by Gasteiger charge is -2.45. The number of hydrogen-bond acceptors (Lipinski definition) is 8. The van der Waals surface area contributed by atoms with Crippen LogP contribution < -0.4 is 16.4 Å². The Kier molecular flexibility index (Phi) is 6.65. The molecule has 1 heterocycles. The predicted octanol–water partition coefficient (Wildman–Crippen LogP) is -3.21. The summed E-state index contributed by atoms with van der Waals surface area (Å²) in [6.45, 7) is 0.651. The van der Waals surface area contributed by atoms with E-state index in [-0.39, 0.29) is 17.1 Å². The van der Waals surface area contributed by atoms with Crippen molar-refractivity contribution in [1.82, 2.24) is 14.9 Å². The minimum atomic E-state index is -4.77. The van der Waals surface area contributed by atoms with E-state index < -0.39 is 58.3 Å². The van der Waals surface area contributed by atoms with Gasteiger partial charge >= 0.3 is 16.3 Å². The van der Waals surface area contributed by atoms with Crippen LogP contribution in [0.25, 0.3) is 0 Å². The van der Waals surface area contributed by atoms with E-state index >= 15 is 0 Å². The third-order valence-electron chi connectivity index (χ3n) is 3.66. The molecule has 0 radical (unpaired) electrons. The number of nitrogens with zero attached hydrogens (tertiary/aromatic N) is 1. The summed E-state index contributed by atoms with van der Waals surface area (Å²) in [5.41, 5.74) is 3.28. The highest BCUT2D eigenvalue weighted by molar-refractivity contribution is 7.84. The zero-order chi connectivity index (χ0) is 20.3. The van der Waals surface area contributed by atoms with Gasteiger partial charge in [0.15, 0.2) is 0 Å². The van der Waals surface area contributed by atoms with Crippen molar-refractivity contribution >= 4 is 34.0 Å². The molecule has 0 spiro atoms. The maximum absolute atomic E-state index is 12.1. The fourth-order valence-corrected chi connectivity index (χ4v) is 2.73. The summed E-state index contributed by atoms with van der Waals surface area (Å²) in [6, 6.07) is -2.36. The monoisotopic (exact) mass is 396 g/mol. The number of aliphatic carboxylic acids is 1. The Morgan fingerprint density at radius 3 is 2.42 bits per heavy atom. The second kappa shape index (κ2) is 7.94. The van der Waals surface area contributed by atoms with Crippen LogP contribution in [0.2, 0.25) is 0 Å². The topological polar surface area (TPSA) is 205 Å². The number of ether oxygens (including phenoxy) is 1. The molecule has 14 heteroatoms. The SMILES string of the molecule is COC1(NC(=O)[C@H](C)NC(=O)CC[C@@H](N)C(=O)O)CN(S(=O)(=O)O)C1=O. The predicted molar refractivity (Wildman–Crippen MR) is 83.6 cm³/mol. The van der Waals surface area contributed by atoms with E-state index in [9.17, 15) is 27.6 Å². The van der Waals surface area contributed by atoms with Gasteiger partial charge in [0, 0.05) is 13.5 Å². The first-order chi connectivity index (χ1) is 11.8. The van der Waals surface area contributed by atoms with Crippen LogP contribution in [0.4, 0.5) is 0 Å². The molecule has 1 saturated heterocycles. The van der Waals surface area contributed by atoms with Gasteiger partial charge in [0.25, 0.3) is 5.91 Å². The van der Waals surface area contributed by atoms with Gasteiger partial charge in [-0.25, -0.2) is 4.31 Å². The van der Waals surface area contributed by atoms with Gasteiger partial charge in [0.05, 0.1) is 6.54 Å². The molecule has 3 atom stereocenters. The number of hydrogen-bond donors (Lipinski definition) is 5. The normalized spacial score (nSPS) is 22.2. The average molecular weight is 396 g/mol. The second-order valence-electron chi connectivity index (χ2n) is 5.58. The van der Waals surface area contributed by atoms with E-state index in [0.29, 0.717) is 0 Å². The number of carbonyl (C=O) groups excluding carboxylic acids is 3. The quantitative estimate of drug-likeness (QED) is 0.150. The number of β-lactam (4-membered cyclic amide) rings is 1. The average Bonchev–Trinajstić information content (AvgIpc) is 2.53. The summed E-state index contributed by atoms with van der Waals surface area (Å²) >= 11 is 0. The smallest absolute Gasteiger partial charge is 0.362 e. The van der Waals surface area contributed by atoms with Crippen LogP contribution in [0, 0.1) is 0 Å². The van der Waals surface area contributed by atoms with Gasteiger partial charge in [0.1, 0.15) is 12.1 Å². The molecule has 0 bridgehead atoms. The number of methoxy groups -OCH3 is 1. The van der Waals surface area contributed by atoms with Crippen molar-refractivity contribution in [2.45, 2.75) is 37.6 Å². The minimum Gasteiger partial charge on any atom is -0.480 e. The van der Waals surface area contributed by atoms with Crippen molar-refractivity contribution in [3.63, 3.8) is 0 Å². The molecule has 26 heavy (non-hydrogen) atoms. The number of carboxylic acid groups (broad SMARTS) is 1. The Morgan fingerprint density at radius 1 is 1.42 bits per heavy atom. The molecule has 0 aromatic carbocycles. The third kappa shape index (κ3) is 4.87. The van der Waals surface area contributed by atoms with Crippen molar-refractivity contribution in [1.29, 1.82) is 0 Å². The number of carbonyl (C=O) groups is 4. The fraction of sp³-hybridized carbons (Fsp3) is 0.667. The van der Waals surface area contributed by atoms with Crippen molar-refractivity contribution in [3.8, 4) is 0 Å². The zero-order valence-corrected chi connectivity index (χ0v) is 14.8. The number of rotatable bonds is 9. The van der Waals surface area contributed by atoms with Crippen molar-refractivity contribution in [3.05, 3.63) is 0 Å². The number of amides is 3. The molecule has 1 aliphatic heterocycles.